The summed E-state index contributed by atoms with van der Waals surface area (Å²) in [6.45, 7) is 2.48. The summed E-state index contributed by atoms with van der Waals surface area (Å²) in [6, 6.07) is 9.04. The third kappa shape index (κ3) is 3.58. The molecule has 0 aliphatic heterocycles. The SMILES string of the molecule is CCOc1ccc(C(Br)c2cc(F)cc(F)c2)cc1Br. The smallest absolute Gasteiger partial charge is 0.133 e. The van der Waals surface area contributed by atoms with Crippen LogP contribution in [-0.4, -0.2) is 6.61 Å². The second kappa shape index (κ2) is 6.68. The van der Waals surface area contributed by atoms with Crippen LogP contribution in [0.2, 0.25) is 0 Å². The van der Waals surface area contributed by atoms with Crippen molar-refractivity contribution >= 4 is 31.9 Å². The van der Waals surface area contributed by atoms with Crippen LogP contribution in [0, 0.1) is 11.6 Å². The molecule has 0 saturated heterocycles. The van der Waals surface area contributed by atoms with Crippen LogP contribution in [0.25, 0.3) is 0 Å². The van der Waals surface area contributed by atoms with Crippen molar-refractivity contribution < 1.29 is 13.5 Å². The number of ether oxygens (including phenoxy) is 1. The van der Waals surface area contributed by atoms with E-state index < -0.39 is 11.6 Å². The van der Waals surface area contributed by atoms with Crippen molar-refractivity contribution in [2.45, 2.75) is 11.8 Å². The van der Waals surface area contributed by atoms with Gasteiger partial charge >= 0.3 is 0 Å². The molecule has 0 fully saturated rings. The highest BCUT2D eigenvalue weighted by Crippen LogP contribution is 2.35. The molecule has 1 atom stereocenters. The Hall–Kier alpha value is -0.940. The summed E-state index contributed by atoms with van der Waals surface area (Å²) in [4.78, 5) is -0.292. The lowest BCUT2D eigenvalue weighted by atomic mass is 10.0. The summed E-state index contributed by atoms with van der Waals surface area (Å²) in [5.41, 5.74) is 1.41. The molecule has 0 N–H and O–H groups in total. The van der Waals surface area contributed by atoms with Crippen LogP contribution in [-0.2, 0) is 0 Å². The van der Waals surface area contributed by atoms with Gasteiger partial charge in [-0.25, -0.2) is 8.78 Å². The van der Waals surface area contributed by atoms with Gasteiger partial charge in [-0.3, -0.25) is 0 Å². The quantitative estimate of drug-likeness (QED) is 0.600. The normalized spacial score (nSPS) is 12.2. The molecule has 5 heteroatoms. The first-order valence-electron chi connectivity index (χ1n) is 6.03. The molecule has 0 bridgehead atoms. The molecular weight excluding hydrogens is 394 g/mol. The zero-order valence-electron chi connectivity index (χ0n) is 10.7. The van der Waals surface area contributed by atoms with E-state index in [9.17, 15) is 8.78 Å². The predicted molar refractivity (Wildman–Crippen MR) is 82.4 cm³/mol. The van der Waals surface area contributed by atoms with Crippen molar-refractivity contribution in [3.8, 4) is 5.75 Å². The van der Waals surface area contributed by atoms with Crippen LogP contribution < -0.4 is 4.74 Å². The van der Waals surface area contributed by atoms with E-state index >= 15 is 0 Å². The summed E-state index contributed by atoms with van der Waals surface area (Å²) in [7, 11) is 0. The van der Waals surface area contributed by atoms with Gasteiger partial charge in [0.25, 0.3) is 0 Å². The Bertz CT molecular complexity index is 597. The van der Waals surface area contributed by atoms with Gasteiger partial charge in [0.2, 0.25) is 0 Å². The summed E-state index contributed by atoms with van der Waals surface area (Å²) in [5, 5.41) is 0. The minimum atomic E-state index is -0.588. The van der Waals surface area contributed by atoms with Crippen molar-refractivity contribution in [2.75, 3.05) is 6.61 Å². The molecule has 1 unspecified atom stereocenters. The first-order valence-corrected chi connectivity index (χ1v) is 7.74. The Morgan fingerprint density at radius 3 is 2.25 bits per heavy atom. The molecule has 2 rings (SSSR count). The monoisotopic (exact) mass is 404 g/mol. The molecule has 0 spiro atoms. The van der Waals surface area contributed by atoms with E-state index in [1.807, 2.05) is 25.1 Å². The Morgan fingerprint density at radius 1 is 1.05 bits per heavy atom. The standard InChI is InChI=1S/C15H12Br2F2O/c1-2-20-14-4-3-9(7-13(14)16)15(17)10-5-11(18)8-12(19)6-10/h3-8,15H,2H2,1H3. The van der Waals surface area contributed by atoms with E-state index in [1.54, 1.807) is 0 Å². The number of rotatable bonds is 4. The van der Waals surface area contributed by atoms with Gasteiger partial charge < -0.3 is 4.74 Å². The Kier molecular flexibility index (Phi) is 5.16. The van der Waals surface area contributed by atoms with Crippen LogP contribution >= 0.6 is 31.9 Å². The van der Waals surface area contributed by atoms with Crippen LogP contribution in [0.15, 0.2) is 40.9 Å². The largest absolute Gasteiger partial charge is 0.493 e. The van der Waals surface area contributed by atoms with Gasteiger partial charge in [0.1, 0.15) is 17.4 Å². The Balaban J connectivity index is 2.33. The Morgan fingerprint density at radius 2 is 1.70 bits per heavy atom. The molecule has 1 nitrogen and oxygen atoms in total. The average molecular weight is 406 g/mol. The van der Waals surface area contributed by atoms with Crippen LogP contribution in [0.4, 0.5) is 8.78 Å². The van der Waals surface area contributed by atoms with Gasteiger partial charge in [-0.2, -0.15) is 0 Å². The summed E-state index contributed by atoms with van der Waals surface area (Å²) in [5.74, 6) is -0.440. The van der Waals surface area contributed by atoms with Crippen molar-refractivity contribution in [3.05, 3.63) is 63.6 Å². The molecule has 0 heterocycles. The predicted octanol–water partition coefficient (Wildman–Crippen LogP) is 5.61. The fraction of sp³-hybridized carbons (Fsp3) is 0.200. The number of benzene rings is 2. The Labute approximate surface area is 133 Å². The molecule has 0 aliphatic rings. The van der Waals surface area contributed by atoms with Crippen molar-refractivity contribution in [2.24, 2.45) is 0 Å². The van der Waals surface area contributed by atoms with E-state index in [2.05, 4.69) is 31.9 Å². The second-order valence-corrected chi connectivity index (χ2v) is 5.96. The molecule has 20 heavy (non-hydrogen) atoms. The zero-order valence-corrected chi connectivity index (χ0v) is 13.8. The molecule has 106 valence electrons. The molecule has 0 amide bonds. The van der Waals surface area contributed by atoms with E-state index in [4.69, 9.17) is 4.74 Å². The third-order valence-electron chi connectivity index (χ3n) is 2.73. The maximum absolute atomic E-state index is 13.3. The van der Waals surface area contributed by atoms with Gasteiger partial charge in [0.05, 0.1) is 15.9 Å². The fourth-order valence-corrected chi connectivity index (χ4v) is 2.92. The maximum atomic E-state index is 13.3. The highest BCUT2D eigenvalue weighted by atomic mass is 79.9. The highest BCUT2D eigenvalue weighted by molar-refractivity contribution is 9.10. The lowest BCUT2D eigenvalue weighted by Crippen LogP contribution is -1.97. The molecule has 2 aromatic carbocycles. The number of halogens is 4. The third-order valence-corrected chi connectivity index (χ3v) is 4.40. The van der Waals surface area contributed by atoms with Gasteiger partial charge in [0, 0.05) is 6.07 Å². The number of hydrogen-bond donors (Lipinski definition) is 0. The highest BCUT2D eigenvalue weighted by Gasteiger charge is 2.14. The fourth-order valence-electron chi connectivity index (χ4n) is 1.86. The van der Waals surface area contributed by atoms with E-state index in [0.29, 0.717) is 12.2 Å². The van der Waals surface area contributed by atoms with Crippen molar-refractivity contribution in [1.82, 2.24) is 0 Å². The summed E-state index contributed by atoms with van der Waals surface area (Å²) in [6.07, 6.45) is 0. The van der Waals surface area contributed by atoms with Crippen LogP contribution in [0.1, 0.15) is 22.9 Å². The molecule has 0 radical (unpaired) electrons. The summed E-state index contributed by atoms with van der Waals surface area (Å²) < 4.78 is 32.8. The van der Waals surface area contributed by atoms with Gasteiger partial charge in [-0.15, -0.1) is 0 Å². The second-order valence-electron chi connectivity index (χ2n) is 4.19. The lowest BCUT2D eigenvalue weighted by molar-refractivity contribution is 0.338. The van der Waals surface area contributed by atoms with Crippen LogP contribution in [0.3, 0.4) is 0 Å². The van der Waals surface area contributed by atoms with Gasteiger partial charge in [-0.1, -0.05) is 22.0 Å². The van der Waals surface area contributed by atoms with E-state index in [1.165, 1.54) is 12.1 Å². The average Bonchev–Trinajstić information content (AvgIpc) is 2.39. The molecule has 0 saturated carbocycles. The minimum Gasteiger partial charge on any atom is -0.493 e. The lowest BCUT2D eigenvalue weighted by Gasteiger charge is -2.13. The van der Waals surface area contributed by atoms with E-state index in [0.717, 1.165) is 21.9 Å². The molecule has 0 aromatic heterocycles. The van der Waals surface area contributed by atoms with Crippen molar-refractivity contribution in [3.63, 3.8) is 0 Å². The van der Waals surface area contributed by atoms with Crippen molar-refractivity contribution in [1.29, 1.82) is 0 Å². The molecule has 2 aromatic rings. The molecular formula is C15H12Br2F2O. The zero-order chi connectivity index (χ0) is 14.7. The number of hydrogen-bond acceptors (Lipinski definition) is 1. The van der Waals surface area contributed by atoms with Gasteiger partial charge in [0.15, 0.2) is 0 Å². The number of alkyl halides is 1. The van der Waals surface area contributed by atoms with Gasteiger partial charge in [-0.05, 0) is 58.2 Å². The minimum absolute atomic E-state index is 0.292. The first kappa shape index (κ1) is 15.4. The van der Waals surface area contributed by atoms with Crippen LogP contribution in [0.5, 0.6) is 5.75 Å². The first-order chi connectivity index (χ1) is 9.51. The molecule has 0 aliphatic carbocycles. The van der Waals surface area contributed by atoms with E-state index in [-0.39, 0.29) is 4.83 Å². The topological polar surface area (TPSA) is 9.23 Å². The summed E-state index contributed by atoms with van der Waals surface area (Å²) >= 11 is 6.89. The maximum Gasteiger partial charge on any atom is 0.133 e.